The van der Waals surface area contributed by atoms with Gasteiger partial charge in [0.25, 0.3) is 0 Å². The molecule has 0 bridgehead atoms. The predicted molar refractivity (Wildman–Crippen MR) is 212 cm³/mol. The van der Waals surface area contributed by atoms with Gasteiger partial charge in [0, 0.05) is 31.0 Å². The van der Waals surface area contributed by atoms with Crippen molar-refractivity contribution in [1.82, 2.24) is 19.4 Å². The number of hydrogen-bond donors (Lipinski definition) is 0. The fourth-order valence-electron chi connectivity index (χ4n) is 8.43. The highest BCUT2D eigenvalue weighted by atomic mass is 35.5. The van der Waals surface area contributed by atoms with Gasteiger partial charge in [0.15, 0.2) is 17.3 Å². The van der Waals surface area contributed by atoms with Crippen LogP contribution in [0.25, 0.3) is 11.0 Å². The molecule has 8 nitrogen and oxygen atoms in total. The van der Waals surface area contributed by atoms with Gasteiger partial charge < -0.3 is 23.7 Å². The molecule has 1 aromatic heterocycles. The van der Waals surface area contributed by atoms with E-state index in [1.54, 1.807) is 33.5 Å². The normalized spacial score (nSPS) is 18.3. The van der Waals surface area contributed by atoms with Crippen LogP contribution in [-0.4, -0.2) is 79.2 Å². The van der Waals surface area contributed by atoms with Gasteiger partial charge in [-0.15, -0.1) is 0 Å². The summed E-state index contributed by atoms with van der Waals surface area (Å²) in [5, 5.41) is 1.14. The zero-order valence-corrected chi connectivity index (χ0v) is 32.6. The molecule has 0 amide bonds. The Morgan fingerprint density at radius 3 is 2.24 bits per heavy atom. The molecule has 2 aliphatic heterocycles. The van der Waals surface area contributed by atoms with Gasteiger partial charge in [-0.3, -0.25) is 9.69 Å². The van der Waals surface area contributed by atoms with Crippen LogP contribution in [0.3, 0.4) is 0 Å². The molecule has 0 radical (unpaired) electrons. The molecule has 0 aliphatic carbocycles. The number of halogens is 3. The van der Waals surface area contributed by atoms with Crippen molar-refractivity contribution in [3.8, 4) is 17.2 Å². The molecule has 2 aliphatic rings. The van der Waals surface area contributed by atoms with Gasteiger partial charge in [-0.1, -0.05) is 53.5 Å². The number of hydrogen-bond acceptors (Lipinski definition) is 7. The van der Waals surface area contributed by atoms with E-state index in [1.807, 2.05) is 53.1 Å². The minimum Gasteiger partial charge on any atom is -0.493 e. The molecule has 284 valence electrons. The number of ether oxygens (including phenoxy) is 3. The highest BCUT2D eigenvalue weighted by Gasteiger charge is 2.40. The van der Waals surface area contributed by atoms with Crippen molar-refractivity contribution < 1.29 is 23.4 Å². The summed E-state index contributed by atoms with van der Waals surface area (Å²) in [6, 6.07) is 24.4. The van der Waals surface area contributed by atoms with E-state index in [0.29, 0.717) is 39.7 Å². The Hall–Kier alpha value is -4.15. The maximum absolute atomic E-state index is 14.0. The Bertz CT molecular complexity index is 2070. The molecule has 2 saturated heterocycles. The zero-order valence-electron chi connectivity index (χ0n) is 31.1. The minimum absolute atomic E-state index is 0.0766. The second-order valence-corrected chi connectivity index (χ2v) is 15.4. The summed E-state index contributed by atoms with van der Waals surface area (Å²) in [5.74, 6) is 2.09. The van der Waals surface area contributed by atoms with Crippen LogP contribution in [0.15, 0.2) is 78.9 Å². The van der Waals surface area contributed by atoms with Crippen molar-refractivity contribution in [2.75, 3.05) is 54.1 Å². The van der Waals surface area contributed by atoms with E-state index in [4.69, 9.17) is 42.4 Å². The molecule has 3 heterocycles. The number of carbonyl (C=O) groups is 1. The number of nitrogens with zero attached hydrogens (tertiary/aromatic N) is 4. The van der Waals surface area contributed by atoms with Crippen LogP contribution in [0.5, 0.6) is 17.2 Å². The molecule has 1 unspecified atom stereocenters. The first-order chi connectivity index (χ1) is 26.2. The van der Waals surface area contributed by atoms with Crippen molar-refractivity contribution in [2.24, 2.45) is 5.92 Å². The Balaban J connectivity index is 1.00. The third kappa shape index (κ3) is 8.10. The minimum atomic E-state index is -0.278. The second-order valence-electron chi connectivity index (χ2n) is 14.6. The molecule has 0 saturated carbocycles. The number of likely N-dealkylation sites (tertiary alicyclic amines) is 2. The van der Waals surface area contributed by atoms with E-state index in [1.165, 1.54) is 17.7 Å². The highest BCUT2D eigenvalue weighted by Crippen LogP contribution is 2.43. The summed E-state index contributed by atoms with van der Waals surface area (Å²) in [5.41, 5.74) is 4.87. The van der Waals surface area contributed by atoms with Gasteiger partial charge in [0.2, 0.25) is 11.5 Å². The molecule has 0 spiro atoms. The number of imidazole rings is 1. The monoisotopic (exact) mass is 772 g/mol. The first-order valence-electron chi connectivity index (χ1n) is 18.6. The number of Topliss-reactive ketones (excluding diaryl/α,β-unsaturated/α-hetero) is 1. The Morgan fingerprint density at radius 2 is 1.56 bits per heavy atom. The number of para-hydroxylation sites is 2. The fourth-order valence-corrected chi connectivity index (χ4v) is 8.72. The smallest absolute Gasteiger partial charge is 0.203 e. The summed E-state index contributed by atoms with van der Waals surface area (Å²) < 4.78 is 32.4. The predicted octanol–water partition coefficient (Wildman–Crippen LogP) is 9.08. The largest absolute Gasteiger partial charge is 0.493 e. The molecule has 54 heavy (non-hydrogen) atoms. The van der Waals surface area contributed by atoms with Gasteiger partial charge >= 0.3 is 0 Å². The lowest BCUT2D eigenvalue weighted by atomic mass is 9.76. The van der Waals surface area contributed by atoms with Gasteiger partial charge in [-0.2, -0.15) is 0 Å². The van der Waals surface area contributed by atoms with Crippen LogP contribution in [0.1, 0.15) is 59.4 Å². The van der Waals surface area contributed by atoms with Crippen molar-refractivity contribution >= 4 is 40.0 Å². The molecule has 2 fully saturated rings. The van der Waals surface area contributed by atoms with E-state index >= 15 is 0 Å². The third-order valence-corrected chi connectivity index (χ3v) is 12.1. The van der Waals surface area contributed by atoms with Crippen molar-refractivity contribution in [1.29, 1.82) is 0 Å². The van der Waals surface area contributed by atoms with Crippen LogP contribution in [0, 0.1) is 11.7 Å². The third-order valence-electron chi connectivity index (χ3n) is 11.3. The summed E-state index contributed by atoms with van der Waals surface area (Å²) in [4.78, 5) is 23.8. The number of rotatable bonds is 14. The lowest BCUT2D eigenvalue weighted by molar-refractivity contribution is 0.0823. The number of aromatic nitrogens is 2. The number of fused-ring (bicyclic) bond motifs is 1. The zero-order chi connectivity index (χ0) is 37.8. The van der Waals surface area contributed by atoms with E-state index in [0.717, 1.165) is 93.5 Å². The maximum Gasteiger partial charge on any atom is 0.203 e. The van der Waals surface area contributed by atoms with Crippen molar-refractivity contribution in [3.63, 3.8) is 0 Å². The lowest BCUT2D eigenvalue weighted by Crippen LogP contribution is -2.38. The second kappa shape index (κ2) is 16.7. The Kier molecular flexibility index (Phi) is 11.8. The first kappa shape index (κ1) is 38.1. The summed E-state index contributed by atoms with van der Waals surface area (Å²) >= 11 is 13.0. The van der Waals surface area contributed by atoms with Crippen LogP contribution >= 0.6 is 23.2 Å². The first-order valence-corrected chi connectivity index (χ1v) is 19.4. The molecule has 11 heteroatoms. The number of carbonyl (C=O) groups excluding carboxylic acids is 1. The average molecular weight is 774 g/mol. The molecule has 1 atom stereocenters. The standard InChI is InChI=1S/C43H47Cl2FN4O4/c1-52-38-23-30(24-39(53-2)41(38)54-3)26-49-22-18-43(28-49,32-11-14-34(44)35(45)25-32)17-6-19-48-20-15-31(16-21-48)40(51)42-47-36-7-4-5-8-37(36)50(42)27-29-9-12-33(46)13-10-29/h4-5,7-14,23-25,31H,6,15-22,26-28H2,1-3H3. The molecule has 7 rings (SSSR count). The van der Waals surface area contributed by atoms with Crippen LogP contribution in [0.2, 0.25) is 10.0 Å². The van der Waals surface area contributed by atoms with E-state index in [2.05, 4.69) is 15.9 Å². The van der Waals surface area contributed by atoms with E-state index < -0.39 is 0 Å². The summed E-state index contributed by atoms with van der Waals surface area (Å²) in [7, 11) is 4.90. The lowest BCUT2D eigenvalue weighted by Gasteiger charge is -2.34. The van der Waals surface area contributed by atoms with E-state index in [9.17, 15) is 9.18 Å². The molecule has 0 N–H and O–H groups in total. The Labute approximate surface area is 326 Å². The van der Waals surface area contributed by atoms with Crippen LogP contribution < -0.4 is 14.2 Å². The average Bonchev–Trinajstić information content (AvgIpc) is 3.78. The SMILES string of the molecule is COc1cc(CN2CCC(CCCN3CCC(C(=O)c4nc5ccccc5n4Cc4ccc(F)cc4)CC3)(c3ccc(Cl)c(Cl)c3)C2)cc(OC)c1OC. The number of piperidine rings is 1. The molecule has 5 aromatic rings. The summed E-state index contributed by atoms with van der Waals surface area (Å²) in [6.45, 7) is 5.72. The molecule has 4 aromatic carbocycles. The molecular weight excluding hydrogens is 726 g/mol. The van der Waals surface area contributed by atoms with Crippen molar-refractivity contribution in [3.05, 3.63) is 117 Å². The van der Waals surface area contributed by atoms with Gasteiger partial charge in [0.1, 0.15) is 5.82 Å². The van der Waals surface area contributed by atoms with Gasteiger partial charge in [0.05, 0.1) is 42.4 Å². The number of methoxy groups -OCH3 is 3. The maximum atomic E-state index is 14.0. The van der Waals surface area contributed by atoms with Gasteiger partial charge in [-0.05, 0) is 124 Å². The number of benzene rings is 4. The fraction of sp³-hybridized carbons (Fsp3) is 0.395. The van der Waals surface area contributed by atoms with Crippen molar-refractivity contribution in [2.45, 2.75) is 50.6 Å². The van der Waals surface area contributed by atoms with Crippen LogP contribution in [-0.2, 0) is 18.5 Å². The van der Waals surface area contributed by atoms with E-state index in [-0.39, 0.29) is 22.9 Å². The topological polar surface area (TPSA) is 69.1 Å². The molecular formula is C43H47Cl2FN4O4. The number of ketones is 1. The quantitative estimate of drug-likeness (QED) is 0.104. The van der Waals surface area contributed by atoms with Gasteiger partial charge in [-0.25, -0.2) is 9.37 Å². The Morgan fingerprint density at radius 1 is 0.833 bits per heavy atom. The summed E-state index contributed by atoms with van der Waals surface area (Å²) in [6.07, 6.45) is 4.61. The van der Waals surface area contributed by atoms with Crippen LogP contribution in [0.4, 0.5) is 4.39 Å². The highest BCUT2D eigenvalue weighted by molar-refractivity contribution is 6.42.